The van der Waals surface area contributed by atoms with Gasteiger partial charge in [0.15, 0.2) is 0 Å². The van der Waals surface area contributed by atoms with Crippen molar-refractivity contribution in [2.24, 2.45) is 0 Å². The molecular weight excluding hydrogens is 386 g/mol. The van der Waals surface area contributed by atoms with Crippen LogP contribution in [-0.2, 0) is 14.8 Å². The van der Waals surface area contributed by atoms with E-state index in [9.17, 15) is 13.2 Å². The van der Waals surface area contributed by atoms with Gasteiger partial charge in [-0.1, -0.05) is 50.2 Å². The fourth-order valence-corrected chi connectivity index (χ4v) is 4.63. The lowest BCUT2D eigenvalue weighted by Gasteiger charge is -2.18. The zero-order chi connectivity index (χ0) is 20.9. The Balaban J connectivity index is 1.63. The van der Waals surface area contributed by atoms with Crippen LogP contribution >= 0.6 is 0 Å². The first kappa shape index (κ1) is 20.8. The molecule has 0 atom stereocenters. The maximum atomic E-state index is 12.5. The van der Waals surface area contributed by atoms with Crippen molar-refractivity contribution in [2.75, 3.05) is 30.3 Å². The van der Waals surface area contributed by atoms with Gasteiger partial charge in [0.05, 0.1) is 11.4 Å². The Morgan fingerprint density at radius 1 is 0.897 bits per heavy atom. The molecule has 0 aliphatic rings. The summed E-state index contributed by atoms with van der Waals surface area (Å²) in [5, 5.41) is 7.98. The quantitative estimate of drug-likeness (QED) is 0.589. The van der Waals surface area contributed by atoms with E-state index in [4.69, 9.17) is 0 Å². The van der Waals surface area contributed by atoms with Crippen LogP contribution in [0.25, 0.3) is 10.8 Å². The molecule has 0 unspecified atom stereocenters. The number of nitrogens with one attached hydrogen (secondary N) is 2. The number of nitrogens with zero attached hydrogens (tertiary/aromatic N) is 1. The molecule has 0 bridgehead atoms. The third-order valence-corrected chi connectivity index (χ3v) is 6.78. The van der Waals surface area contributed by atoms with Gasteiger partial charge in [0.2, 0.25) is 15.9 Å². The molecule has 3 aromatic rings. The van der Waals surface area contributed by atoms with E-state index in [1.54, 1.807) is 24.3 Å². The SMILES string of the molecule is CCN(CC)S(=O)(=O)c1ccc(NCC(=O)Nc2cccc3ccccc23)cc1. The second-order valence-corrected chi connectivity index (χ2v) is 8.48. The Morgan fingerprint density at radius 2 is 1.55 bits per heavy atom. The molecule has 7 heteroatoms. The predicted octanol–water partition coefficient (Wildman–Crippen LogP) is 3.92. The van der Waals surface area contributed by atoms with E-state index in [0.29, 0.717) is 18.8 Å². The zero-order valence-corrected chi connectivity index (χ0v) is 17.4. The second-order valence-electron chi connectivity index (χ2n) is 6.54. The Hall–Kier alpha value is -2.90. The van der Waals surface area contributed by atoms with Crippen molar-refractivity contribution < 1.29 is 13.2 Å². The molecule has 152 valence electrons. The van der Waals surface area contributed by atoms with E-state index < -0.39 is 10.0 Å². The second kappa shape index (κ2) is 9.07. The highest BCUT2D eigenvalue weighted by Gasteiger charge is 2.21. The number of hydrogen-bond acceptors (Lipinski definition) is 4. The highest BCUT2D eigenvalue weighted by Crippen LogP contribution is 2.23. The van der Waals surface area contributed by atoms with Crippen LogP contribution in [0.3, 0.4) is 0 Å². The van der Waals surface area contributed by atoms with Crippen molar-refractivity contribution in [3.8, 4) is 0 Å². The normalized spacial score (nSPS) is 11.6. The summed E-state index contributed by atoms with van der Waals surface area (Å²) in [6, 6.07) is 20.1. The number of benzene rings is 3. The molecule has 0 saturated heterocycles. The van der Waals surface area contributed by atoms with Gasteiger partial charge in [-0.3, -0.25) is 4.79 Å². The molecule has 0 aliphatic carbocycles. The number of sulfonamides is 1. The Kier molecular flexibility index (Phi) is 6.51. The average molecular weight is 412 g/mol. The van der Waals surface area contributed by atoms with E-state index in [-0.39, 0.29) is 17.3 Å². The molecule has 29 heavy (non-hydrogen) atoms. The maximum absolute atomic E-state index is 12.5. The van der Waals surface area contributed by atoms with Crippen LogP contribution < -0.4 is 10.6 Å². The van der Waals surface area contributed by atoms with Crippen LogP contribution in [0.5, 0.6) is 0 Å². The van der Waals surface area contributed by atoms with Gasteiger partial charge < -0.3 is 10.6 Å². The van der Waals surface area contributed by atoms with Crippen LogP contribution in [-0.4, -0.2) is 38.3 Å². The molecule has 3 rings (SSSR count). The number of amides is 1. The van der Waals surface area contributed by atoms with Gasteiger partial charge in [0, 0.05) is 29.9 Å². The topological polar surface area (TPSA) is 78.5 Å². The van der Waals surface area contributed by atoms with Gasteiger partial charge in [-0.15, -0.1) is 0 Å². The third-order valence-electron chi connectivity index (χ3n) is 4.71. The summed E-state index contributed by atoms with van der Waals surface area (Å²) in [7, 11) is -3.48. The van der Waals surface area contributed by atoms with Crippen LogP contribution in [0, 0.1) is 0 Å². The van der Waals surface area contributed by atoms with Crippen molar-refractivity contribution in [1.29, 1.82) is 0 Å². The fraction of sp³-hybridized carbons (Fsp3) is 0.227. The first-order valence-electron chi connectivity index (χ1n) is 9.57. The Morgan fingerprint density at radius 3 is 2.24 bits per heavy atom. The van der Waals surface area contributed by atoms with Gasteiger partial charge in [0.25, 0.3) is 0 Å². The number of rotatable bonds is 8. The number of carbonyl (C=O) groups is 1. The molecule has 2 N–H and O–H groups in total. The molecule has 0 aromatic heterocycles. The monoisotopic (exact) mass is 411 g/mol. The minimum Gasteiger partial charge on any atom is -0.376 e. The molecule has 0 fully saturated rings. The summed E-state index contributed by atoms with van der Waals surface area (Å²) in [4.78, 5) is 12.6. The van der Waals surface area contributed by atoms with Crippen molar-refractivity contribution >= 4 is 38.1 Å². The van der Waals surface area contributed by atoms with Crippen molar-refractivity contribution in [3.63, 3.8) is 0 Å². The van der Waals surface area contributed by atoms with E-state index in [0.717, 1.165) is 16.5 Å². The van der Waals surface area contributed by atoms with E-state index in [1.165, 1.54) is 4.31 Å². The van der Waals surface area contributed by atoms with Gasteiger partial charge >= 0.3 is 0 Å². The van der Waals surface area contributed by atoms with Crippen molar-refractivity contribution in [3.05, 3.63) is 66.7 Å². The summed E-state index contributed by atoms with van der Waals surface area (Å²) in [6.07, 6.45) is 0. The van der Waals surface area contributed by atoms with E-state index in [1.807, 2.05) is 56.3 Å². The van der Waals surface area contributed by atoms with Crippen LogP contribution in [0.2, 0.25) is 0 Å². The molecule has 1 amide bonds. The van der Waals surface area contributed by atoms with Crippen LogP contribution in [0.4, 0.5) is 11.4 Å². The highest BCUT2D eigenvalue weighted by molar-refractivity contribution is 7.89. The summed E-state index contributed by atoms with van der Waals surface area (Å²) >= 11 is 0. The van der Waals surface area contributed by atoms with Gasteiger partial charge in [0.1, 0.15) is 0 Å². The van der Waals surface area contributed by atoms with Crippen LogP contribution in [0.15, 0.2) is 71.6 Å². The molecule has 3 aromatic carbocycles. The maximum Gasteiger partial charge on any atom is 0.243 e. The smallest absolute Gasteiger partial charge is 0.243 e. The number of anilines is 2. The van der Waals surface area contributed by atoms with Crippen molar-refractivity contribution in [2.45, 2.75) is 18.7 Å². The highest BCUT2D eigenvalue weighted by atomic mass is 32.2. The standard InChI is InChI=1S/C22H25N3O3S/c1-3-25(4-2)29(27,28)19-14-12-18(13-15-19)23-16-22(26)24-21-11-7-9-17-8-5-6-10-20(17)21/h5-15,23H,3-4,16H2,1-2H3,(H,24,26). The first-order valence-corrected chi connectivity index (χ1v) is 11.0. The molecule has 6 nitrogen and oxygen atoms in total. The van der Waals surface area contributed by atoms with Crippen LogP contribution in [0.1, 0.15) is 13.8 Å². The van der Waals surface area contributed by atoms with Gasteiger partial charge in [-0.05, 0) is 35.7 Å². The molecule has 0 heterocycles. The zero-order valence-electron chi connectivity index (χ0n) is 16.6. The number of fused-ring (bicyclic) bond motifs is 1. The predicted molar refractivity (Wildman–Crippen MR) is 118 cm³/mol. The Bertz CT molecular complexity index is 1090. The lowest BCUT2D eigenvalue weighted by atomic mass is 10.1. The van der Waals surface area contributed by atoms with Crippen molar-refractivity contribution in [1.82, 2.24) is 4.31 Å². The largest absolute Gasteiger partial charge is 0.376 e. The van der Waals surface area contributed by atoms with E-state index >= 15 is 0 Å². The van der Waals surface area contributed by atoms with Gasteiger partial charge in [-0.2, -0.15) is 4.31 Å². The average Bonchev–Trinajstić information content (AvgIpc) is 2.73. The lowest BCUT2D eigenvalue weighted by molar-refractivity contribution is -0.114. The summed E-state index contributed by atoms with van der Waals surface area (Å²) in [5.74, 6) is -0.179. The third kappa shape index (κ3) is 4.75. The molecule has 0 spiro atoms. The minimum absolute atomic E-state index is 0.0748. The fourth-order valence-electron chi connectivity index (χ4n) is 3.17. The molecule has 0 aliphatic heterocycles. The molecule has 0 radical (unpaired) electrons. The van der Waals surface area contributed by atoms with Gasteiger partial charge in [-0.25, -0.2) is 8.42 Å². The first-order chi connectivity index (χ1) is 14.0. The molecular formula is C22H25N3O3S. The van der Waals surface area contributed by atoms with E-state index in [2.05, 4.69) is 10.6 Å². The number of carbonyl (C=O) groups excluding carboxylic acids is 1. The summed E-state index contributed by atoms with van der Waals surface area (Å²) in [6.45, 7) is 4.54. The lowest BCUT2D eigenvalue weighted by Crippen LogP contribution is -2.30. The number of hydrogen-bond donors (Lipinski definition) is 2. The summed E-state index contributed by atoms with van der Waals surface area (Å²) < 4.78 is 26.5. The minimum atomic E-state index is -3.48. The Labute approximate surface area is 171 Å². The molecule has 0 saturated carbocycles. The summed E-state index contributed by atoms with van der Waals surface area (Å²) in [5.41, 5.74) is 1.44.